The second-order valence-corrected chi connectivity index (χ2v) is 7.89. The minimum atomic E-state index is -0.752. The number of aryl methyl sites for hydroxylation is 2. The fourth-order valence-electron chi connectivity index (χ4n) is 4.39. The predicted octanol–water partition coefficient (Wildman–Crippen LogP) is 7.59. The Labute approximate surface area is 165 Å². The Balaban J connectivity index is 1.72. The van der Waals surface area contributed by atoms with Crippen LogP contribution in [0.5, 0.6) is 0 Å². The summed E-state index contributed by atoms with van der Waals surface area (Å²) >= 11 is 0. The minimum absolute atomic E-state index is 0.0752. The summed E-state index contributed by atoms with van der Waals surface area (Å²) in [6, 6.07) is 6.76. The molecule has 0 unspecified atom stereocenters. The smallest absolute Gasteiger partial charge is 0.162 e. The van der Waals surface area contributed by atoms with Gasteiger partial charge in [0, 0.05) is 0 Å². The van der Waals surface area contributed by atoms with Crippen molar-refractivity contribution in [2.75, 3.05) is 0 Å². The minimum Gasteiger partial charge on any atom is -0.203 e. The van der Waals surface area contributed by atoms with Crippen molar-refractivity contribution in [3.63, 3.8) is 0 Å². The average Bonchev–Trinajstić information content (AvgIpc) is 2.71. The van der Waals surface area contributed by atoms with Gasteiger partial charge < -0.3 is 0 Å². The number of hydrogen-bond donors (Lipinski definition) is 0. The Morgan fingerprint density at radius 3 is 1.61 bits per heavy atom. The summed E-state index contributed by atoms with van der Waals surface area (Å²) in [6.45, 7) is 3.81. The first-order chi connectivity index (χ1) is 13.5. The van der Waals surface area contributed by atoms with Crippen molar-refractivity contribution < 1.29 is 17.6 Å². The third kappa shape index (κ3) is 4.11. The van der Waals surface area contributed by atoms with Crippen LogP contribution >= 0.6 is 0 Å². The normalized spacial score (nSPS) is 19.8. The summed E-state index contributed by atoms with van der Waals surface area (Å²) in [4.78, 5) is 0. The van der Waals surface area contributed by atoms with Gasteiger partial charge in [-0.2, -0.15) is 0 Å². The maximum absolute atomic E-state index is 14.6. The highest BCUT2D eigenvalue weighted by atomic mass is 19.2. The molecule has 0 N–H and O–H groups in total. The van der Waals surface area contributed by atoms with E-state index in [9.17, 15) is 17.6 Å². The van der Waals surface area contributed by atoms with Crippen molar-refractivity contribution in [3.05, 3.63) is 69.8 Å². The number of halogens is 4. The van der Waals surface area contributed by atoms with Crippen LogP contribution in [0, 0.1) is 23.3 Å². The van der Waals surface area contributed by atoms with Gasteiger partial charge in [-0.15, -0.1) is 0 Å². The fraction of sp³-hybridized carbons (Fsp3) is 0.500. The molecule has 0 bridgehead atoms. The fourth-order valence-corrected chi connectivity index (χ4v) is 4.39. The lowest BCUT2D eigenvalue weighted by Crippen LogP contribution is -2.16. The van der Waals surface area contributed by atoms with E-state index in [0.717, 1.165) is 12.8 Å². The number of rotatable bonds is 6. The molecule has 2 aromatic carbocycles. The Bertz CT molecular complexity index is 820. The lowest BCUT2D eigenvalue weighted by atomic mass is 9.75. The monoisotopic (exact) mass is 392 g/mol. The van der Waals surface area contributed by atoms with Gasteiger partial charge in [-0.3, -0.25) is 0 Å². The molecule has 4 heteroatoms. The zero-order valence-corrected chi connectivity index (χ0v) is 16.6. The maximum Gasteiger partial charge on any atom is 0.162 e. The molecule has 28 heavy (non-hydrogen) atoms. The molecule has 1 saturated carbocycles. The summed E-state index contributed by atoms with van der Waals surface area (Å²) in [5, 5.41) is 0. The van der Waals surface area contributed by atoms with Crippen molar-refractivity contribution >= 4 is 0 Å². The molecule has 0 aromatic heterocycles. The Morgan fingerprint density at radius 2 is 1.14 bits per heavy atom. The van der Waals surface area contributed by atoms with Gasteiger partial charge in [0.25, 0.3) is 0 Å². The zero-order chi connectivity index (χ0) is 20.3. The van der Waals surface area contributed by atoms with Gasteiger partial charge in [-0.1, -0.05) is 44.5 Å². The molecule has 0 amide bonds. The van der Waals surface area contributed by atoms with E-state index in [-0.39, 0.29) is 11.8 Å². The number of hydrogen-bond acceptors (Lipinski definition) is 0. The lowest BCUT2D eigenvalue weighted by Gasteiger charge is -2.30. The number of benzene rings is 2. The summed E-state index contributed by atoms with van der Waals surface area (Å²) in [5.74, 6) is -3.11. The Hall–Kier alpha value is -1.84. The summed E-state index contributed by atoms with van der Waals surface area (Å²) in [6.07, 6.45) is 5.34. The topological polar surface area (TPSA) is 0 Å². The third-order valence-electron chi connectivity index (χ3n) is 6.17. The van der Waals surface area contributed by atoms with Gasteiger partial charge >= 0.3 is 0 Å². The van der Waals surface area contributed by atoms with Crippen LogP contribution in [0.1, 0.15) is 86.5 Å². The van der Waals surface area contributed by atoms with E-state index in [1.807, 2.05) is 6.92 Å². The highest BCUT2D eigenvalue weighted by Crippen LogP contribution is 2.42. The lowest BCUT2D eigenvalue weighted by molar-refractivity contribution is 0.369. The highest BCUT2D eigenvalue weighted by molar-refractivity contribution is 5.32. The molecule has 152 valence electrons. The molecular formula is C24H28F4. The van der Waals surface area contributed by atoms with E-state index in [1.54, 1.807) is 31.2 Å². The van der Waals surface area contributed by atoms with Crippen molar-refractivity contribution in [2.24, 2.45) is 0 Å². The van der Waals surface area contributed by atoms with E-state index in [4.69, 9.17) is 0 Å². The van der Waals surface area contributed by atoms with Gasteiger partial charge in [0.2, 0.25) is 0 Å². The van der Waals surface area contributed by atoms with Crippen molar-refractivity contribution in [1.82, 2.24) is 0 Å². The van der Waals surface area contributed by atoms with Gasteiger partial charge in [0.15, 0.2) is 23.3 Å². The molecule has 0 atom stereocenters. The molecule has 1 aliphatic rings. The quantitative estimate of drug-likeness (QED) is 0.444. The molecule has 0 saturated heterocycles. The van der Waals surface area contributed by atoms with Crippen LogP contribution in [-0.2, 0) is 12.8 Å². The van der Waals surface area contributed by atoms with Gasteiger partial charge in [0.05, 0.1) is 0 Å². The average molecular weight is 392 g/mol. The molecule has 0 spiro atoms. The van der Waals surface area contributed by atoms with Crippen LogP contribution < -0.4 is 0 Å². The van der Waals surface area contributed by atoms with E-state index in [2.05, 4.69) is 0 Å². The molecule has 0 radical (unpaired) electrons. The molecule has 2 aromatic rings. The first-order valence-electron chi connectivity index (χ1n) is 10.4. The summed E-state index contributed by atoms with van der Waals surface area (Å²) < 4.78 is 57.5. The van der Waals surface area contributed by atoms with Crippen molar-refractivity contribution in [3.8, 4) is 0 Å². The van der Waals surface area contributed by atoms with Crippen LogP contribution in [0.3, 0.4) is 0 Å². The van der Waals surface area contributed by atoms with Crippen molar-refractivity contribution in [2.45, 2.75) is 77.0 Å². The Morgan fingerprint density at radius 1 is 0.679 bits per heavy atom. The predicted molar refractivity (Wildman–Crippen MR) is 105 cm³/mol. The van der Waals surface area contributed by atoms with Crippen LogP contribution in [-0.4, -0.2) is 0 Å². The Kier molecular flexibility index (Phi) is 6.79. The largest absolute Gasteiger partial charge is 0.203 e. The van der Waals surface area contributed by atoms with Crippen LogP contribution in [0.2, 0.25) is 0 Å². The first-order valence-corrected chi connectivity index (χ1v) is 10.4. The SMILES string of the molecule is CCCCc1ccc(C2CCC(c3ccc(CC)c(F)c3F)CC2)c(F)c1F. The zero-order valence-electron chi connectivity index (χ0n) is 16.6. The summed E-state index contributed by atoms with van der Waals surface area (Å²) in [7, 11) is 0. The second kappa shape index (κ2) is 9.11. The van der Waals surface area contributed by atoms with Crippen molar-refractivity contribution in [1.29, 1.82) is 0 Å². The second-order valence-electron chi connectivity index (χ2n) is 7.89. The van der Waals surface area contributed by atoms with E-state index in [0.29, 0.717) is 60.8 Å². The molecule has 0 aliphatic heterocycles. The first kappa shape index (κ1) is 20.9. The molecular weight excluding hydrogens is 364 g/mol. The molecule has 1 aliphatic carbocycles. The van der Waals surface area contributed by atoms with Crippen LogP contribution in [0.4, 0.5) is 17.6 Å². The van der Waals surface area contributed by atoms with Gasteiger partial charge in [0.1, 0.15) is 0 Å². The van der Waals surface area contributed by atoms with E-state index < -0.39 is 23.3 Å². The third-order valence-corrected chi connectivity index (χ3v) is 6.17. The van der Waals surface area contributed by atoms with Crippen LogP contribution in [0.15, 0.2) is 24.3 Å². The maximum atomic E-state index is 14.6. The molecule has 1 fully saturated rings. The molecule has 0 heterocycles. The van der Waals surface area contributed by atoms with E-state index >= 15 is 0 Å². The van der Waals surface area contributed by atoms with Gasteiger partial charge in [-0.05, 0) is 79.0 Å². The molecule has 3 rings (SSSR count). The van der Waals surface area contributed by atoms with Crippen LogP contribution in [0.25, 0.3) is 0 Å². The van der Waals surface area contributed by atoms with E-state index in [1.165, 1.54) is 0 Å². The van der Waals surface area contributed by atoms with Gasteiger partial charge in [-0.25, -0.2) is 17.6 Å². The summed E-state index contributed by atoms with van der Waals surface area (Å²) in [5.41, 5.74) is 1.65. The number of unbranched alkanes of at least 4 members (excludes halogenated alkanes) is 1. The highest BCUT2D eigenvalue weighted by Gasteiger charge is 2.29. The molecule has 0 nitrogen and oxygen atoms in total. The standard InChI is InChI=1S/C24H28F4/c1-3-5-6-18-12-14-20(24(28)22(18)26)17-9-7-16(8-10-17)19-13-11-15(4-2)21(25)23(19)27/h11-14,16-17H,3-10H2,1-2H3.